The van der Waals surface area contributed by atoms with Crippen molar-refractivity contribution in [3.63, 3.8) is 0 Å². The van der Waals surface area contributed by atoms with Gasteiger partial charge in [0.25, 0.3) is 11.5 Å². The van der Waals surface area contributed by atoms with E-state index in [1.807, 2.05) is 32.0 Å². The van der Waals surface area contributed by atoms with Crippen molar-refractivity contribution in [1.29, 1.82) is 0 Å². The quantitative estimate of drug-likeness (QED) is 0.555. The maximum atomic E-state index is 12.8. The number of aliphatic carboxylic acids is 1. The molecule has 3 rings (SSSR count). The first-order valence-electron chi connectivity index (χ1n) is 9.35. The Morgan fingerprint density at radius 1 is 1.13 bits per heavy atom. The van der Waals surface area contributed by atoms with Crippen molar-refractivity contribution in [3.8, 4) is 11.4 Å². The van der Waals surface area contributed by atoms with E-state index in [1.54, 1.807) is 24.3 Å². The number of nitrogens with zero attached hydrogens (tertiary/aromatic N) is 1. The van der Waals surface area contributed by atoms with Gasteiger partial charge in [-0.05, 0) is 48.7 Å². The van der Waals surface area contributed by atoms with Gasteiger partial charge in [-0.25, -0.2) is 4.68 Å². The molecule has 8 heteroatoms. The molecule has 1 atom stereocenters. The summed E-state index contributed by atoms with van der Waals surface area (Å²) in [6.45, 7) is 3.78. The summed E-state index contributed by atoms with van der Waals surface area (Å²) in [6.07, 6.45) is -0.306. The summed E-state index contributed by atoms with van der Waals surface area (Å²) in [4.78, 5) is 36.5. The molecule has 8 nitrogen and oxygen atoms in total. The van der Waals surface area contributed by atoms with E-state index in [-0.39, 0.29) is 17.7 Å². The molecule has 1 aromatic heterocycles. The van der Waals surface area contributed by atoms with Crippen LogP contribution in [0.15, 0.2) is 53.3 Å². The standard InChI is InChI=1S/C22H23N3O5/c1-13-4-5-14(2)19(10-13)25-20(26)11-18(24-25)22(29)23-17(12-21(27)28)15-6-8-16(30-3)9-7-15/h4-11,17,24H,12H2,1-3H3,(H,23,29)(H,27,28). The van der Waals surface area contributed by atoms with E-state index in [4.69, 9.17) is 4.74 Å². The van der Waals surface area contributed by atoms with E-state index < -0.39 is 17.9 Å². The zero-order chi connectivity index (χ0) is 21.8. The van der Waals surface area contributed by atoms with Gasteiger partial charge >= 0.3 is 5.97 Å². The lowest BCUT2D eigenvalue weighted by Crippen LogP contribution is -2.30. The second-order valence-electron chi connectivity index (χ2n) is 7.03. The van der Waals surface area contributed by atoms with Crippen LogP contribution in [0.4, 0.5) is 0 Å². The summed E-state index contributed by atoms with van der Waals surface area (Å²) < 4.78 is 6.41. The molecule has 0 aliphatic heterocycles. The predicted octanol–water partition coefficient (Wildman–Crippen LogP) is 2.74. The first-order chi connectivity index (χ1) is 14.3. The van der Waals surface area contributed by atoms with Crippen LogP contribution in [0.25, 0.3) is 5.69 Å². The molecule has 0 bridgehead atoms. The number of methoxy groups -OCH3 is 1. The number of carboxylic acid groups (broad SMARTS) is 1. The molecule has 3 aromatic rings. The molecule has 0 fully saturated rings. The molecule has 30 heavy (non-hydrogen) atoms. The number of aromatic amines is 1. The summed E-state index contributed by atoms with van der Waals surface area (Å²) in [6, 6.07) is 12.9. The van der Waals surface area contributed by atoms with E-state index in [0.717, 1.165) is 11.1 Å². The van der Waals surface area contributed by atoms with Crippen LogP contribution in [-0.4, -0.2) is 33.9 Å². The first kappa shape index (κ1) is 20.9. The van der Waals surface area contributed by atoms with Crippen molar-refractivity contribution in [2.24, 2.45) is 0 Å². The molecule has 3 N–H and O–H groups in total. The van der Waals surface area contributed by atoms with Gasteiger partial charge in [0.2, 0.25) is 0 Å². The van der Waals surface area contributed by atoms with Crippen molar-refractivity contribution >= 4 is 11.9 Å². The third-order valence-corrected chi connectivity index (χ3v) is 4.77. The van der Waals surface area contributed by atoms with E-state index >= 15 is 0 Å². The minimum absolute atomic E-state index is 0.0461. The largest absolute Gasteiger partial charge is 0.497 e. The molecule has 1 heterocycles. The molecule has 0 radical (unpaired) electrons. The fourth-order valence-electron chi connectivity index (χ4n) is 3.15. The van der Waals surface area contributed by atoms with Crippen LogP contribution in [0.2, 0.25) is 0 Å². The van der Waals surface area contributed by atoms with Crippen LogP contribution >= 0.6 is 0 Å². The van der Waals surface area contributed by atoms with Crippen LogP contribution in [0.5, 0.6) is 5.75 Å². The lowest BCUT2D eigenvalue weighted by Gasteiger charge is -2.17. The fraction of sp³-hybridized carbons (Fsp3) is 0.227. The van der Waals surface area contributed by atoms with Gasteiger partial charge in [0.05, 0.1) is 25.3 Å². The lowest BCUT2D eigenvalue weighted by atomic mass is 10.0. The Kier molecular flexibility index (Phi) is 6.06. The second kappa shape index (κ2) is 8.69. The van der Waals surface area contributed by atoms with Crippen LogP contribution in [-0.2, 0) is 4.79 Å². The van der Waals surface area contributed by atoms with Gasteiger partial charge in [-0.2, -0.15) is 0 Å². The van der Waals surface area contributed by atoms with Crippen molar-refractivity contribution in [1.82, 2.24) is 15.1 Å². The number of carbonyl (C=O) groups is 2. The highest BCUT2D eigenvalue weighted by Gasteiger charge is 2.21. The van der Waals surface area contributed by atoms with Gasteiger partial charge in [0.1, 0.15) is 11.4 Å². The highest BCUT2D eigenvalue weighted by Crippen LogP contribution is 2.21. The van der Waals surface area contributed by atoms with E-state index in [1.165, 1.54) is 17.9 Å². The Balaban J connectivity index is 1.88. The summed E-state index contributed by atoms with van der Waals surface area (Å²) in [7, 11) is 1.53. The van der Waals surface area contributed by atoms with Crippen LogP contribution in [0.1, 0.15) is 39.6 Å². The Morgan fingerprint density at radius 3 is 2.47 bits per heavy atom. The first-order valence-corrected chi connectivity index (χ1v) is 9.35. The molecule has 2 aromatic carbocycles. The van der Waals surface area contributed by atoms with Crippen molar-refractivity contribution in [2.75, 3.05) is 7.11 Å². The molecule has 156 valence electrons. The molecule has 0 spiro atoms. The number of nitrogens with one attached hydrogen (secondary N) is 2. The third kappa shape index (κ3) is 4.60. The molecule has 0 saturated heterocycles. The maximum absolute atomic E-state index is 12.8. The monoisotopic (exact) mass is 409 g/mol. The summed E-state index contributed by atoms with van der Waals surface area (Å²) in [5, 5.41) is 14.8. The smallest absolute Gasteiger partial charge is 0.305 e. The zero-order valence-electron chi connectivity index (χ0n) is 16.9. The topological polar surface area (TPSA) is 113 Å². The van der Waals surface area contributed by atoms with E-state index in [2.05, 4.69) is 10.4 Å². The number of H-pyrrole nitrogens is 1. The molecular formula is C22H23N3O5. The van der Waals surface area contributed by atoms with Crippen molar-refractivity contribution in [2.45, 2.75) is 26.3 Å². The number of benzene rings is 2. The average Bonchev–Trinajstić information content (AvgIpc) is 3.10. The maximum Gasteiger partial charge on any atom is 0.305 e. The van der Waals surface area contributed by atoms with Crippen molar-refractivity contribution in [3.05, 3.63) is 81.3 Å². The van der Waals surface area contributed by atoms with Gasteiger partial charge in [0, 0.05) is 6.07 Å². The van der Waals surface area contributed by atoms with Gasteiger partial charge in [-0.1, -0.05) is 24.3 Å². The Morgan fingerprint density at radius 2 is 1.83 bits per heavy atom. The van der Waals surface area contributed by atoms with Crippen LogP contribution in [0.3, 0.4) is 0 Å². The molecule has 0 saturated carbocycles. The van der Waals surface area contributed by atoms with E-state index in [0.29, 0.717) is 17.0 Å². The summed E-state index contributed by atoms with van der Waals surface area (Å²) in [5.74, 6) is -1.01. The summed E-state index contributed by atoms with van der Waals surface area (Å²) in [5.41, 5.74) is 2.78. The molecule has 0 aliphatic rings. The number of aryl methyl sites for hydroxylation is 2. The molecule has 0 aliphatic carbocycles. The number of ether oxygens (including phenoxy) is 1. The highest BCUT2D eigenvalue weighted by atomic mass is 16.5. The third-order valence-electron chi connectivity index (χ3n) is 4.77. The average molecular weight is 409 g/mol. The Labute approximate surface area is 173 Å². The number of carbonyl (C=O) groups excluding carboxylic acids is 1. The molecule has 1 unspecified atom stereocenters. The fourth-order valence-corrected chi connectivity index (χ4v) is 3.15. The van der Waals surface area contributed by atoms with Gasteiger partial charge in [0.15, 0.2) is 0 Å². The van der Waals surface area contributed by atoms with Gasteiger partial charge in [-0.3, -0.25) is 19.5 Å². The lowest BCUT2D eigenvalue weighted by molar-refractivity contribution is -0.137. The predicted molar refractivity (Wildman–Crippen MR) is 111 cm³/mol. The second-order valence-corrected chi connectivity index (χ2v) is 7.03. The Bertz CT molecular complexity index is 1130. The number of hydrogen-bond acceptors (Lipinski definition) is 4. The summed E-state index contributed by atoms with van der Waals surface area (Å²) >= 11 is 0. The number of carboxylic acids is 1. The minimum Gasteiger partial charge on any atom is -0.497 e. The number of amides is 1. The van der Waals surface area contributed by atoms with Gasteiger partial charge < -0.3 is 15.2 Å². The SMILES string of the molecule is COc1ccc(C(CC(=O)O)NC(=O)c2cc(=O)n(-c3cc(C)ccc3C)[nH]2)cc1. The molecule has 1 amide bonds. The number of rotatable bonds is 7. The highest BCUT2D eigenvalue weighted by molar-refractivity contribution is 5.92. The van der Waals surface area contributed by atoms with Crippen LogP contribution in [0, 0.1) is 13.8 Å². The minimum atomic E-state index is -1.06. The number of hydrogen-bond donors (Lipinski definition) is 3. The van der Waals surface area contributed by atoms with Gasteiger partial charge in [-0.15, -0.1) is 0 Å². The molecular weight excluding hydrogens is 386 g/mol. The van der Waals surface area contributed by atoms with Crippen molar-refractivity contribution < 1.29 is 19.4 Å². The number of aromatic nitrogens is 2. The Hall–Kier alpha value is -3.81. The van der Waals surface area contributed by atoms with Crippen LogP contribution < -0.4 is 15.6 Å². The normalized spacial score (nSPS) is 11.7. The van der Waals surface area contributed by atoms with E-state index in [9.17, 15) is 19.5 Å². The zero-order valence-corrected chi connectivity index (χ0v) is 16.9.